The minimum Gasteiger partial charge on any atom is -0.325 e. The molecule has 2 aromatic rings. The molecular weight excluding hydrogens is 224 g/mol. The first-order valence-electron chi connectivity index (χ1n) is 6.80. The quantitative estimate of drug-likeness (QED) is 0.901. The summed E-state index contributed by atoms with van der Waals surface area (Å²) in [7, 11) is 0. The summed E-state index contributed by atoms with van der Waals surface area (Å²) in [5, 5.41) is 3.55. The smallest absolute Gasteiger partial charge is 0.111 e. The van der Waals surface area contributed by atoms with Crippen LogP contribution in [0.25, 0.3) is 11.0 Å². The van der Waals surface area contributed by atoms with Crippen molar-refractivity contribution < 1.29 is 0 Å². The Bertz CT molecular complexity index is 538. The van der Waals surface area contributed by atoms with E-state index < -0.39 is 0 Å². The predicted octanol–water partition coefficient (Wildman–Crippen LogP) is 2.31. The predicted molar refractivity (Wildman–Crippen MR) is 72.6 cm³/mol. The lowest BCUT2D eigenvalue weighted by molar-refractivity contribution is 0.530. The molecule has 3 heterocycles. The van der Waals surface area contributed by atoms with E-state index in [-0.39, 0.29) is 0 Å². The van der Waals surface area contributed by atoms with E-state index in [4.69, 9.17) is 4.98 Å². The minimum atomic E-state index is 0.439. The molecule has 1 aliphatic heterocycles. The van der Waals surface area contributed by atoms with E-state index in [1.54, 1.807) is 0 Å². The highest BCUT2D eigenvalue weighted by Crippen LogP contribution is 2.22. The zero-order valence-corrected chi connectivity index (χ0v) is 11.1. The fraction of sp³-hybridized carbons (Fsp3) is 0.571. The van der Waals surface area contributed by atoms with Crippen molar-refractivity contribution >= 4 is 11.0 Å². The maximum absolute atomic E-state index is 4.76. The zero-order valence-electron chi connectivity index (χ0n) is 11.1. The van der Waals surface area contributed by atoms with Crippen LogP contribution in [0.3, 0.4) is 0 Å². The van der Waals surface area contributed by atoms with Crippen LogP contribution in [0, 0.1) is 0 Å². The summed E-state index contributed by atoms with van der Waals surface area (Å²) in [6.45, 7) is 5.58. The standard InChI is InChI=1S/C14H20N4/c1-10(2)18-13-5-7-15-9-12(13)17-14(18)8-11-4-3-6-16-11/h5,7,9-11,16H,3-4,6,8H2,1-2H3. The topological polar surface area (TPSA) is 42.7 Å². The van der Waals surface area contributed by atoms with E-state index in [0.717, 1.165) is 18.5 Å². The first kappa shape index (κ1) is 11.7. The van der Waals surface area contributed by atoms with Gasteiger partial charge in [0, 0.05) is 24.7 Å². The summed E-state index contributed by atoms with van der Waals surface area (Å²) in [6, 6.07) is 3.09. The molecule has 0 aliphatic carbocycles. The molecule has 2 aromatic heterocycles. The average Bonchev–Trinajstić information content (AvgIpc) is 2.95. The number of hydrogen-bond acceptors (Lipinski definition) is 3. The molecule has 0 radical (unpaired) electrons. The highest BCUT2D eigenvalue weighted by atomic mass is 15.1. The molecule has 1 saturated heterocycles. The number of hydrogen-bond donors (Lipinski definition) is 1. The second-order valence-electron chi connectivity index (χ2n) is 5.35. The molecule has 1 unspecified atom stereocenters. The highest BCUT2D eigenvalue weighted by Gasteiger charge is 2.20. The van der Waals surface area contributed by atoms with Gasteiger partial charge in [-0.15, -0.1) is 0 Å². The van der Waals surface area contributed by atoms with Gasteiger partial charge in [-0.25, -0.2) is 4.98 Å². The molecule has 1 N–H and O–H groups in total. The Kier molecular flexibility index (Phi) is 3.04. The second kappa shape index (κ2) is 4.69. The normalized spacial score (nSPS) is 20.1. The highest BCUT2D eigenvalue weighted by molar-refractivity contribution is 5.74. The number of rotatable bonds is 3. The van der Waals surface area contributed by atoms with Crippen molar-refractivity contribution in [2.45, 2.75) is 45.2 Å². The molecule has 0 aromatic carbocycles. The Morgan fingerprint density at radius 2 is 2.39 bits per heavy atom. The third-order valence-corrected chi connectivity index (χ3v) is 3.67. The molecule has 96 valence electrons. The summed E-state index contributed by atoms with van der Waals surface area (Å²) in [5.74, 6) is 1.19. The van der Waals surface area contributed by atoms with Gasteiger partial charge in [0.25, 0.3) is 0 Å². The van der Waals surface area contributed by atoms with Gasteiger partial charge in [-0.2, -0.15) is 0 Å². The van der Waals surface area contributed by atoms with Crippen LogP contribution in [0.4, 0.5) is 0 Å². The molecule has 0 amide bonds. The summed E-state index contributed by atoms with van der Waals surface area (Å²) >= 11 is 0. The molecule has 0 saturated carbocycles. The lowest BCUT2D eigenvalue weighted by Crippen LogP contribution is -2.25. The zero-order chi connectivity index (χ0) is 12.5. The summed E-state index contributed by atoms with van der Waals surface area (Å²) in [6.07, 6.45) is 7.28. The van der Waals surface area contributed by atoms with Crippen LogP contribution >= 0.6 is 0 Å². The van der Waals surface area contributed by atoms with Crippen molar-refractivity contribution in [1.29, 1.82) is 0 Å². The Balaban J connectivity index is 2.01. The van der Waals surface area contributed by atoms with Gasteiger partial charge in [-0.3, -0.25) is 4.98 Å². The van der Waals surface area contributed by atoms with Crippen molar-refractivity contribution in [2.24, 2.45) is 0 Å². The van der Waals surface area contributed by atoms with Crippen LogP contribution in [-0.4, -0.2) is 27.1 Å². The van der Waals surface area contributed by atoms with Gasteiger partial charge in [0.2, 0.25) is 0 Å². The van der Waals surface area contributed by atoms with Crippen LogP contribution in [0.1, 0.15) is 38.6 Å². The van der Waals surface area contributed by atoms with E-state index in [1.165, 1.54) is 24.2 Å². The van der Waals surface area contributed by atoms with Gasteiger partial charge in [-0.05, 0) is 39.3 Å². The van der Waals surface area contributed by atoms with Crippen molar-refractivity contribution in [2.75, 3.05) is 6.54 Å². The van der Waals surface area contributed by atoms with Crippen LogP contribution < -0.4 is 5.32 Å². The lowest BCUT2D eigenvalue weighted by atomic mass is 10.1. The third-order valence-electron chi connectivity index (χ3n) is 3.67. The molecule has 1 atom stereocenters. The molecule has 1 aliphatic rings. The summed E-state index contributed by atoms with van der Waals surface area (Å²) in [4.78, 5) is 8.92. The molecule has 3 rings (SSSR count). The number of pyridine rings is 1. The lowest BCUT2D eigenvalue weighted by Gasteiger charge is -2.15. The van der Waals surface area contributed by atoms with Crippen LogP contribution in [-0.2, 0) is 6.42 Å². The van der Waals surface area contributed by atoms with E-state index in [2.05, 4.69) is 34.8 Å². The van der Waals surface area contributed by atoms with E-state index in [9.17, 15) is 0 Å². The maximum Gasteiger partial charge on any atom is 0.111 e. The van der Waals surface area contributed by atoms with Crippen LogP contribution in [0.2, 0.25) is 0 Å². The van der Waals surface area contributed by atoms with Gasteiger partial charge in [0.1, 0.15) is 11.3 Å². The summed E-state index contributed by atoms with van der Waals surface area (Å²) < 4.78 is 2.34. The third kappa shape index (κ3) is 2.01. The van der Waals surface area contributed by atoms with Gasteiger partial charge < -0.3 is 9.88 Å². The van der Waals surface area contributed by atoms with E-state index in [1.807, 2.05) is 12.4 Å². The Hall–Kier alpha value is -1.42. The van der Waals surface area contributed by atoms with E-state index in [0.29, 0.717) is 12.1 Å². The molecule has 18 heavy (non-hydrogen) atoms. The Labute approximate surface area is 107 Å². The molecule has 4 heteroatoms. The van der Waals surface area contributed by atoms with Gasteiger partial charge in [-0.1, -0.05) is 0 Å². The number of nitrogens with zero attached hydrogens (tertiary/aromatic N) is 3. The Morgan fingerprint density at radius 1 is 1.50 bits per heavy atom. The second-order valence-corrected chi connectivity index (χ2v) is 5.35. The molecule has 0 bridgehead atoms. The first-order chi connectivity index (χ1) is 8.75. The monoisotopic (exact) mass is 244 g/mol. The fourth-order valence-electron chi connectivity index (χ4n) is 2.87. The number of fused-ring (bicyclic) bond motifs is 1. The minimum absolute atomic E-state index is 0.439. The van der Waals surface area contributed by atoms with Crippen molar-refractivity contribution in [3.8, 4) is 0 Å². The van der Waals surface area contributed by atoms with Crippen molar-refractivity contribution in [3.05, 3.63) is 24.3 Å². The molecule has 1 fully saturated rings. The average molecular weight is 244 g/mol. The van der Waals surface area contributed by atoms with Gasteiger partial charge in [0.05, 0.1) is 11.7 Å². The molecule has 0 spiro atoms. The SMILES string of the molecule is CC(C)n1c(CC2CCCN2)nc2cnccc21. The molecule has 4 nitrogen and oxygen atoms in total. The maximum atomic E-state index is 4.76. The fourth-order valence-corrected chi connectivity index (χ4v) is 2.87. The molecular formula is C14H20N4. The van der Waals surface area contributed by atoms with Gasteiger partial charge in [0.15, 0.2) is 0 Å². The van der Waals surface area contributed by atoms with Crippen LogP contribution in [0.5, 0.6) is 0 Å². The number of imidazole rings is 1. The van der Waals surface area contributed by atoms with Gasteiger partial charge >= 0.3 is 0 Å². The first-order valence-corrected chi connectivity index (χ1v) is 6.80. The number of nitrogens with one attached hydrogen (secondary N) is 1. The largest absolute Gasteiger partial charge is 0.325 e. The number of aromatic nitrogens is 3. The van der Waals surface area contributed by atoms with Crippen molar-refractivity contribution in [3.63, 3.8) is 0 Å². The van der Waals surface area contributed by atoms with Crippen LogP contribution in [0.15, 0.2) is 18.5 Å². The van der Waals surface area contributed by atoms with Crippen molar-refractivity contribution in [1.82, 2.24) is 19.9 Å². The Morgan fingerprint density at radius 3 is 3.11 bits per heavy atom. The summed E-state index contributed by atoms with van der Waals surface area (Å²) in [5.41, 5.74) is 2.21. The van der Waals surface area contributed by atoms with E-state index >= 15 is 0 Å².